The number of hydrogen-bond acceptors (Lipinski definition) is 2. The van der Waals surface area contributed by atoms with Gasteiger partial charge in [-0.15, -0.1) is 12.3 Å². The Labute approximate surface area is 92.0 Å². The van der Waals surface area contributed by atoms with Gasteiger partial charge in [-0.25, -0.2) is 0 Å². The molecule has 1 aliphatic rings. The van der Waals surface area contributed by atoms with Crippen molar-refractivity contribution in [1.29, 1.82) is 0 Å². The van der Waals surface area contributed by atoms with Crippen molar-refractivity contribution < 1.29 is 4.79 Å². The average molecular weight is 208 g/mol. The standard InChI is InChI=1S/C12H20N2O/c1-3-4-5-12(15)14-8-6-11(7-9-14)10(2)13/h1,10-11H,4-9,13H2,2H3. The van der Waals surface area contributed by atoms with Gasteiger partial charge in [0.1, 0.15) is 0 Å². The molecule has 1 rings (SSSR count). The molecule has 1 atom stereocenters. The minimum atomic E-state index is 0.191. The maximum Gasteiger partial charge on any atom is 0.223 e. The molecule has 0 aromatic heterocycles. The minimum absolute atomic E-state index is 0.191. The van der Waals surface area contributed by atoms with E-state index in [0.29, 0.717) is 18.8 Å². The Morgan fingerprint density at radius 1 is 1.60 bits per heavy atom. The molecule has 84 valence electrons. The van der Waals surface area contributed by atoms with Crippen LogP contribution in [0.5, 0.6) is 0 Å². The van der Waals surface area contributed by atoms with Crippen molar-refractivity contribution in [1.82, 2.24) is 4.90 Å². The molecule has 0 radical (unpaired) electrons. The number of likely N-dealkylation sites (tertiary alicyclic amines) is 1. The van der Waals surface area contributed by atoms with Gasteiger partial charge in [-0.05, 0) is 25.7 Å². The van der Waals surface area contributed by atoms with Gasteiger partial charge in [0, 0.05) is 32.0 Å². The molecule has 1 saturated heterocycles. The SMILES string of the molecule is C#CCCC(=O)N1CCC(C(C)N)CC1. The van der Waals surface area contributed by atoms with Gasteiger partial charge in [-0.3, -0.25) is 4.79 Å². The highest BCUT2D eigenvalue weighted by atomic mass is 16.2. The zero-order chi connectivity index (χ0) is 11.3. The summed E-state index contributed by atoms with van der Waals surface area (Å²) in [5.74, 6) is 3.26. The average Bonchev–Trinajstić information content (AvgIpc) is 2.26. The lowest BCUT2D eigenvalue weighted by Gasteiger charge is -2.33. The van der Waals surface area contributed by atoms with Crippen LogP contribution in [0.3, 0.4) is 0 Å². The number of nitrogens with zero attached hydrogens (tertiary/aromatic N) is 1. The monoisotopic (exact) mass is 208 g/mol. The zero-order valence-corrected chi connectivity index (χ0v) is 9.41. The predicted octanol–water partition coefficient (Wildman–Crippen LogP) is 0.986. The van der Waals surface area contributed by atoms with Gasteiger partial charge in [0.05, 0.1) is 0 Å². The van der Waals surface area contributed by atoms with Gasteiger partial charge in [0.2, 0.25) is 5.91 Å². The molecule has 0 bridgehead atoms. The van der Waals surface area contributed by atoms with E-state index >= 15 is 0 Å². The molecule has 0 aromatic carbocycles. The van der Waals surface area contributed by atoms with E-state index in [4.69, 9.17) is 12.2 Å². The summed E-state index contributed by atoms with van der Waals surface area (Å²) in [7, 11) is 0. The third-order valence-electron chi connectivity index (χ3n) is 3.12. The van der Waals surface area contributed by atoms with Crippen molar-refractivity contribution in [2.24, 2.45) is 11.7 Å². The first-order valence-electron chi connectivity index (χ1n) is 5.62. The molecule has 2 N–H and O–H groups in total. The molecule has 3 heteroatoms. The molecule has 1 aliphatic heterocycles. The van der Waals surface area contributed by atoms with Crippen molar-refractivity contribution >= 4 is 5.91 Å². The molecule has 0 spiro atoms. The fourth-order valence-electron chi connectivity index (χ4n) is 2.01. The van der Waals surface area contributed by atoms with Crippen molar-refractivity contribution in [3.05, 3.63) is 0 Å². The second-order valence-electron chi connectivity index (χ2n) is 4.28. The second kappa shape index (κ2) is 5.77. The summed E-state index contributed by atoms with van der Waals surface area (Å²) >= 11 is 0. The number of amides is 1. The Morgan fingerprint density at radius 2 is 2.20 bits per heavy atom. The largest absolute Gasteiger partial charge is 0.343 e. The quantitative estimate of drug-likeness (QED) is 0.703. The molecule has 1 heterocycles. The van der Waals surface area contributed by atoms with Crippen LogP contribution in [-0.2, 0) is 4.79 Å². The molecular weight excluding hydrogens is 188 g/mol. The number of hydrogen-bond donors (Lipinski definition) is 1. The van der Waals surface area contributed by atoms with E-state index in [1.54, 1.807) is 0 Å². The van der Waals surface area contributed by atoms with Gasteiger partial charge in [0.15, 0.2) is 0 Å². The van der Waals surface area contributed by atoms with Crippen LogP contribution in [0.4, 0.5) is 0 Å². The van der Waals surface area contributed by atoms with Crippen molar-refractivity contribution in [3.8, 4) is 12.3 Å². The first kappa shape index (κ1) is 12.1. The van der Waals surface area contributed by atoms with E-state index in [0.717, 1.165) is 25.9 Å². The number of carbonyl (C=O) groups excluding carboxylic acids is 1. The normalized spacial score (nSPS) is 19.7. The lowest BCUT2D eigenvalue weighted by atomic mass is 9.91. The van der Waals surface area contributed by atoms with Crippen LogP contribution >= 0.6 is 0 Å². The highest BCUT2D eigenvalue weighted by Gasteiger charge is 2.24. The third kappa shape index (κ3) is 3.56. The van der Waals surface area contributed by atoms with Crippen LogP contribution in [0, 0.1) is 18.3 Å². The highest BCUT2D eigenvalue weighted by Crippen LogP contribution is 2.20. The molecule has 0 saturated carbocycles. The number of terminal acetylenes is 1. The van der Waals surface area contributed by atoms with E-state index in [1.165, 1.54) is 0 Å². The Hall–Kier alpha value is -1.01. The van der Waals surface area contributed by atoms with Gasteiger partial charge in [0.25, 0.3) is 0 Å². The van der Waals surface area contributed by atoms with Crippen molar-refractivity contribution in [2.45, 2.75) is 38.6 Å². The summed E-state index contributed by atoms with van der Waals surface area (Å²) < 4.78 is 0. The number of piperidine rings is 1. The molecule has 0 aliphatic carbocycles. The summed E-state index contributed by atoms with van der Waals surface area (Å²) in [6.45, 7) is 3.73. The Kier molecular flexibility index (Phi) is 4.64. The highest BCUT2D eigenvalue weighted by molar-refractivity contribution is 5.76. The van der Waals surface area contributed by atoms with Crippen LogP contribution in [-0.4, -0.2) is 29.9 Å². The van der Waals surface area contributed by atoms with Gasteiger partial charge in [-0.1, -0.05) is 0 Å². The zero-order valence-electron chi connectivity index (χ0n) is 9.41. The first-order chi connectivity index (χ1) is 7.15. The Bertz CT molecular complexity index is 247. The molecule has 3 nitrogen and oxygen atoms in total. The lowest BCUT2D eigenvalue weighted by molar-refractivity contribution is -0.132. The molecule has 15 heavy (non-hydrogen) atoms. The maximum absolute atomic E-state index is 11.6. The maximum atomic E-state index is 11.6. The van der Waals surface area contributed by atoms with E-state index in [9.17, 15) is 4.79 Å². The Balaban J connectivity index is 2.31. The fraction of sp³-hybridized carbons (Fsp3) is 0.750. The number of rotatable bonds is 3. The van der Waals surface area contributed by atoms with Gasteiger partial charge in [-0.2, -0.15) is 0 Å². The second-order valence-corrected chi connectivity index (χ2v) is 4.28. The summed E-state index contributed by atoms with van der Waals surface area (Å²) in [4.78, 5) is 13.5. The van der Waals surface area contributed by atoms with E-state index in [1.807, 2.05) is 11.8 Å². The predicted molar refractivity (Wildman–Crippen MR) is 61.0 cm³/mol. The lowest BCUT2D eigenvalue weighted by Crippen LogP contribution is -2.42. The van der Waals surface area contributed by atoms with Gasteiger partial charge < -0.3 is 10.6 Å². The molecule has 1 amide bonds. The van der Waals surface area contributed by atoms with Crippen LogP contribution < -0.4 is 5.73 Å². The Morgan fingerprint density at radius 3 is 2.67 bits per heavy atom. The van der Waals surface area contributed by atoms with Crippen LogP contribution in [0.15, 0.2) is 0 Å². The van der Waals surface area contributed by atoms with E-state index < -0.39 is 0 Å². The smallest absolute Gasteiger partial charge is 0.223 e. The molecule has 0 aromatic rings. The van der Waals surface area contributed by atoms with Crippen LogP contribution in [0.1, 0.15) is 32.6 Å². The van der Waals surface area contributed by atoms with Crippen molar-refractivity contribution in [3.63, 3.8) is 0 Å². The molecular formula is C12H20N2O. The summed E-state index contributed by atoms with van der Waals surface area (Å²) in [6.07, 6.45) is 8.22. The first-order valence-corrected chi connectivity index (χ1v) is 5.62. The third-order valence-corrected chi connectivity index (χ3v) is 3.12. The van der Waals surface area contributed by atoms with Crippen LogP contribution in [0.2, 0.25) is 0 Å². The van der Waals surface area contributed by atoms with Crippen molar-refractivity contribution in [2.75, 3.05) is 13.1 Å². The molecule has 1 fully saturated rings. The topological polar surface area (TPSA) is 46.3 Å². The summed E-state index contributed by atoms with van der Waals surface area (Å²) in [5.41, 5.74) is 5.84. The van der Waals surface area contributed by atoms with Crippen LogP contribution in [0.25, 0.3) is 0 Å². The molecule has 1 unspecified atom stereocenters. The van der Waals surface area contributed by atoms with Gasteiger partial charge >= 0.3 is 0 Å². The summed E-state index contributed by atoms with van der Waals surface area (Å²) in [6, 6.07) is 0.243. The van der Waals surface area contributed by atoms with E-state index in [-0.39, 0.29) is 11.9 Å². The number of nitrogens with two attached hydrogens (primary N) is 1. The number of carbonyl (C=O) groups is 1. The summed E-state index contributed by atoms with van der Waals surface area (Å²) in [5, 5.41) is 0. The van der Waals surface area contributed by atoms with E-state index in [2.05, 4.69) is 5.92 Å². The minimum Gasteiger partial charge on any atom is -0.343 e. The fourth-order valence-corrected chi connectivity index (χ4v) is 2.01.